The molecule has 1 aliphatic heterocycles. The highest BCUT2D eigenvalue weighted by Crippen LogP contribution is 2.40. The van der Waals surface area contributed by atoms with Crippen LogP contribution in [0, 0.1) is 0 Å². The number of rotatable bonds is 7. The number of hydrogen-bond donors (Lipinski definition) is 0. The van der Waals surface area contributed by atoms with Crippen LogP contribution in [0.5, 0.6) is 0 Å². The minimum atomic E-state index is -3.15. The smallest absolute Gasteiger partial charge is 0.214 e. The number of unbranched alkanes of at least 4 members (excludes halogenated alkanes) is 1. The van der Waals surface area contributed by atoms with Gasteiger partial charge in [0.2, 0.25) is 10.0 Å². The molecule has 8 heteroatoms. The van der Waals surface area contributed by atoms with E-state index in [-0.39, 0.29) is 5.75 Å². The van der Waals surface area contributed by atoms with Crippen molar-refractivity contribution >= 4 is 37.4 Å². The number of fused-ring (bicyclic) bond motifs is 3. The van der Waals surface area contributed by atoms with Crippen LogP contribution in [0.3, 0.4) is 0 Å². The number of hydrogen-bond acceptors (Lipinski definition) is 6. The van der Waals surface area contributed by atoms with Crippen LogP contribution in [-0.4, -0.2) is 54.6 Å². The summed E-state index contributed by atoms with van der Waals surface area (Å²) in [5, 5.41) is 1.24. The van der Waals surface area contributed by atoms with Crippen LogP contribution in [0.1, 0.15) is 75.1 Å². The molecule has 2 aliphatic rings. The van der Waals surface area contributed by atoms with E-state index in [0.29, 0.717) is 32.1 Å². The zero-order valence-electron chi connectivity index (χ0n) is 18.5. The number of piperazine rings is 1. The number of sulfonamides is 1. The fraction of sp³-hybridized carbons (Fsp3) is 0.727. The number of aryl methyl sites for hydroxylation is 2. The molecule has 0 aromatic carbocycles. The lowest BCUT2D eigenvalue weighted by Gasteiger charge is -2.35. The number of anilines is 1. The largest absolute Gasteiger partial charge is 0.353 e. The van der Waals surface area contributed by atoms with Crippen LogP contribution in [0.25, 0.3) is 10.2 Å². The van der Waals surface area contributed by atoms with Gasteiger partial charge in [0.25, 0.3) is 0 Å². The monoisotopic (exact) mass is 450 g/mol. The maximum atomic E-state index is 12.6. The van der Waals surface area contributed by atoms with Gasteiger partial charge in [-0.25, -0.2) is 18.4 Å². The van der Waals surface area contributed by atoms with Gasteiger partial charge in [0.1, 0.15) is 16.5 Å². The van der Waals surface area contributed by atoms with Gasteiger partial charge in [-0.1, -0.05) is 27.2 Å². The fourth-order valence-corrected chi connectivity index (χ4v) is 7.31. The standard InChI is InChI=1S/C22H34N4O2S2/c1-4-6-15-30(27,28)26-13-11-25(12-14-26)21-19-17-9-7-8-10-18(17)29-22(19)24-20(23-21)16(3)5-2/h16H,4-15H2,1-3H3. The Morgan fingerprint density at radius 1 is 1.07 bits per heavy atom. The second-order valence-electron chi connectivity index (χ2n) is 8.66. The molecule has 0 bridgehead atoms. The summed E-state index contributed by atoms with van der Waals surface area (Å²) in [7, 11) is -3.15. The molecule has 3 heterocycles. The van der Waals surface area contributed by atoms with Crippen LogP contribution in [0.2, 0.25) is 0 Å². The summed E-state index contributed by atoms with van der Waals surface area (Å²) in [5.41, 5.74) is 1.45. The Bertz CT molecular complexity index is 994. The molecule has 1 aliphatic carbocycles. The maximum Gasteiger partial charge on any atom is 0.214 e. The lowest BCUT2D eigenvalue weighted by Crippen LogP contribution is -2.49. The van der Waals surface area contributed by atoms with Crippen LogP contribution in [0.4, 0.5) is 5.82 Å². The predicted octanol–water partition coefficient (Wildman–Crippen LogP) is 4.34. The molecule has 4 rings (SSSR count). The third kappa shape index (κ3) is 4.23. The Hall–Kier alpha value is -1.25. The van der Waals surface area contributed by atoms with Crippen molar-refractivity contribution in [2.75, 3.05) is 36.8 Å². The summed E-state index contributed by atoms with van der Waals surface area (Å²) in [6.45, 7) is 8.88. The Balaban J connectivity index is 1.66. The zero-order valence-corrected chi connectivity index (χ0v) is 20.1. The van der Waals surface area contributed by atoms with E-state index in [1.807, 2.05) is 18.3 Å². The molecule has 0 saturated carbocycles. The van der Waals surface area contributed by atoms with Crippen molar-refractivity contribution in [3.8, 4) is 0 Å². The van der Waals surface area contributed by atoms with Crippen molar-refractivity contribution in [3.05, 3.63) is 16.3 Å². The van der Waals surface area contributed by atoms with Crippen molar-refractivity contribution in [3.63, 3.8) is 0 Å². The van der Waals surface area contributed by atoms with E-state index in [0.717, 1.165) is 48.6 Å². The molecule has 1 saturated heterocycles. The normalized spacial score (nSPS) is 19.2. The van der Waals surface area contributed by atoms with Crippen molar-refractivity contribution in [2.24, 2.45) is 0 Å². The first-order valence-electron chi connectivity index (χ1n) is 11.5. The number of thiophene rings is 1. The van der Waals surface area contributed by atoms with Crippen molar-refractivity contribution < 1.29 is 8.42 Å². The van der Waals surface area contributed by atoms with E-state index in [4.69, 9.17) is 9.97 Å². The Morgan fingerprint density at radius 2 is 1.80 bits per heavy atom. The molecule has 30 heavy (non-hydrogen) atoms. The SMILES string of the molecule is CCCCS(=O)(=O)N1CCN(c2nc(C(C)CC)nc3sc4c(c23)CCCC4)CC1. The van der Waals surface area contributed by atoms with Gasteiger partial charge in [0, 0.05) is 37.0 Å². The molecule has 1 fully saturated rings. The Morgan fingerprint density at radius 3 is 2.50 bits per heavy atom. The van der Waals surface area contributed by atoms with E-state index < -0.39 is 10.0 Å². The molecule has 0 amide bonds. The molecular weight excluding hydrogens is 416 g/mol. The Kier molecular flexibility index (Phi) is 6.65. The minimum absolute atomic E-state index is 0.261. The molecule has 0 spiro atoms. The summed E-state index contributed by atoms with van der Waals surface area (Å²) >= 11 is 1.85. The van der Waals surface area contributed by atoms with Gasteiger partial charge in [0.15, 0.2) is 0 Å². The molecule has 1 unspecified atom stereocenters. The van der Waals surface area contributed by atoms with E-state index in [1.165, 1.54) is 28.7 Å². The third-order valence-corrected chi connectivity index (χ3v) is 9.70. The quantitative estimate of drug-likeness (QED) is 0.628. The highest BCUT2D eigenvalue weighted by Gasteiger charge is 2.30. The zero-order chi connectivity index (χ0) is 21.3. The summed E-state index contributed by atoms with van der Waals surface area (Å²) in [6, 6.07) is 0. The molecule has 2 aromatic heterocycles. The average Bonchev–Trinajstić information content (AvgIpc) is 3.15. The lowest BCUT2D eigenvalue weighted by molar-refractivity contribution is 0.383. The third-order valence-electron chi connectivity index (χ3n) is 6.55. The number of aromatic nitrogens is 2. The second-order valence-corrected chi connectivity index (χ2v) is 11.8. The highest BCUT2D eigenvalue weighted by atomic mass is 32.2. The van der Waals surface area contributed by atoms with E-state index >= 15 is 0 Å². The van der Waals surface area contributed by atoms with Gasteiger partial charge in [-0.15, -0.1) is 11.3 Å². The van der Waals surface area contributed by atoms with Crippen LogP contribution in [0.15, 0.2) is 0 Å². The first-order valence-corrected chi connectivity index (χ1v) is 13.9. The van der Waals surface area contributed by atoms with Gasteiger partial charge < -0.3 is 4.90 Å². The Labute approximate surface area is 184 Å². The highest BCUT2D eigenvalue weighted by molar-refractivity contribution is 7.89. The van der Waals surface area contributed by atoms with Gasteiger partial charge in [0.05, 0.1) is 11.1 Å². The molecule has 2 aromatic rings. The van der Waals surface area contributed by atoms with Gasteiger partial charge >= 0.3 is 0 Å². The first kappa shape index (κ1) is 22.0. The van der Waals surface area contributed by atoms with Gasteiger partial charge in [-0.2, -0.15) is 4.31 Å². The predicted molar refractivity (Wildman–Crippen MR) is 125 cm³/mol. The molecular formula is C22H34N4O2S2. The number of nitrogens with zero attached hydrogens (tertiary/aromatic N) is 4. The topological polar surface area (TPSA) is 66.4 Å². The molecule has 0 N–H and O–H groups in total. The summed E-state index contributed by atoms with van der Waals surface area (Å²) < 4.78 is 26.9. The van der Waals surface area contributed by atoms with Crippen molar-refractivity contribution in [1.82, 2.24) is 14.3 Å². The van der Waals surface area contributed by atoms with E-state index in [1.54, 1.807) is 4.31 Å². The maximum absolute atomic E-state index is 12.6. The molecule has 6 nitrogen and oxygen atoms in total. The van der Waals surface area contributed by atoms with Crippen LogP contribution >= 0.6 is 11.3 Å². The van der Waals surface area contributed by atoms with Gasteiger partial charge in [-0.05, 0) is 44.1 Å². The molecule has 1 atom stereocenters. The molecule has 0 radical (unpaired) electrons. The van der Waals surface area contributed by atoms with Crippen molar-refractivity contribution in [2.45, 2.75) is 71.6 Å². The lowest BCUT2D eigenvalue weighted by atomic mass is 9.96. The fourth-order valence-electron chi connectivity index (χ4n) is 4.42. The van der Waals surface area contributed by atoms with Gasteiger partial charge in [-0.3, -0.25) is 0 Å². The first-order chi connectivity index (χ1) is 14.4. The molecule has 166 valence electrons. The summed E-state index contributed by atoms with van der Waals surface area (Å²) in [4.78, 5) is 14.9. The summed E-state index contributed by atoms with van der Waals surface area (Å²) in [6.07, 6.45) is 7.40. The summed E-state index contributed by atoms with van der Waals surface area (Å²) in [5.74, 6) is 2.55. The van der Waals surface area contributed by atoms with E-state index in [9.17, 15) is 8.42 Å². The van der Waals surface area contributed by atoms with Crippen LogP contribution < -0.4 is 4.90 Å². The second kappa shape index (κ2) is 9.09. The van der Waals surface area contributed by atoms with E-state index in [2.05, 4.69) is 18.7 Å². The average molecular weight is 451 g/mol. The van der Waals surface area contributed by atoms with Crippen LogP contribution in [-0.2, 0) is 22.9 Å². The minimum Gasteiger partial charge on any atom is -0.353 e. The van der Waals surface area contributed by atoms with Crippen molar-refractivity contribution in [1.29, 1.82) is 0 Å².